The topological polar surface area (TPSA) is 70.1 Å². The largest absolute Gasteiger partial charge is 0.355 e. The van der Waals surface area contributed by atoms with Crippen molar-refractivity contribution in [3.63, 3.8) is 0 Å². The normalized spacial score (nSPS) is 18.0. The Morgan fingerprint density at radius 1 is 1.17 bits per heavy atom. The fourth-order valence-electron chi connectivity index (χ4n) is 3.25. The summed E-state index contributed by atoms with van der Waals surface area (Å²) in [6.07, 6.45) is 5.87. The summed E-state index contributed by atoms with van der Waals surface area (Å²) in [6, 6.07) is 11.8. The molecule has 1 atom stereocenters. The Labute approximate surface area is 134 Å². The number of rotatable bonds is 2. The molecule has 1 unspecified atom stereocenters. The van der Waals surface area contributed by atoms with E-state index in [2.05, 4.69) is 30.6 Å². The number of hydrogen-bond donors (Lipinski definition) is 0. The third kappa shape index (κ3) is 2.40. The van der Waals surface area contributed by atoms with Crippen LogP contribution in [0.15, 0.2) is 42.7 Å². The molecule has 3 aromatic heterocycles. The average Bonchev–Trinajstić information content (AvgIpc) is 3.06. The second-order valence-corrected chi connectivity index (χ2v) is 5.76. The summed E-state index contributed by atoms with van der Waals surface area (Å²) in [5.74, 6) is 2.04. The van der Waals surface area contributed by atoms with Gasteiger partial charge in [-0.1, -0.05) is 6.07 Å². The van der Waals surface area contributed by atoms with Crippen LogP contribution in [0.3, 0.4) is 0 Å². The van der Waals surface area contributed by atoms with Crippen LogP contribution in [-0.4, -0.2) is 32.7 Å². The lowest BCUT2D eigenvalue weighted by atomic mass is 9.97. The van der Waals surface area contributed by atoms with Crippen LogP contribution >= 0.6 is 0 Å². The summed E-state index contributed by atoms with van der Waals surface area (Å²) >= 11 is 0. The number of pyridine rings is 2. The molecule has 3 aromatic rings. The van der Waals surface area contributed by atoms with Crippen molar-refractivity contribution in [2.75, 3.05) is 18.0 Å². The highest BCUT2D eigenvalue weighted by Crippen LogP contribution is 2.29. The number of piperidine rings is 1. The minimum Gasteiger partial charge on any atom is -0.355 e. The fourth-order valence-corrected chi connectivity index (χ4v) is 3.25. The molecule has 114 valence electrons. The lowest BCUT2D eigenvalue weighted by Gasteiger charge is -2.33. The quantitative estimate of drug-likeness (QED) is 0.727. The zero-order chi connectivity index (χ0) is 15.6. The molecule has 4 heterocycles. The zero-order valence-electron chi connectivity index (χ0n) is 12.6. The van der Waals surface area contributed by atoms with Gasteiger partial charge in [0.15, 0.2) is 5.65 Å². The second-order valence-electron chi connectivity index (χ2n) is 5.76. The molecule has 0 aliphatic carbocycles. The van der Waals surface area contributed by atoms with Crippen LogP contribution in [0.4, 0.5) is 5.82 Å². The molecule has 1 fully saturated rings. The molecule has 4 rings (SSSR count). The SMILES string of the molecule is N#Cc1cccnc1N1CCCC(c2nnc3ccccn23)C1. The summed E-state index contributed by atoms with van der Waals surface area (Å²) in [6.45, 7) is 1.72. The van der Waals surface area contributed by atoms with E-state index in [1.54, 1.807) is 12.3 Å². The van der Waals surface area contributed by atoms with E-state index < -0.39 is 0 Å². The Hall–Kier alpha value is -2.94. The van der Waals surface area contributed by atoms with E-state index in [9.17, 15) is 5.26 Å². The maximum Gasteiger partial charge on any atom is 0.160 e. The molecule has 1 aliphatic heterocycles. The van der Waals surface area contributed by atoms with Crippen LogP contribution in [0.1, 0.15) is 30.1 Å². The van der Waals surface area contributed by atoms with Gasteiger partial charge in [0.25, 0.3) is 0 Å². The molecular formula is C17H16N6. The third-order valence-corrected chi connectivity index (χ3v) is 4.33. The number of anilines is 1. The van der Waals surface area contributed by atoms with Gasteiger partial charge in [-0.15, -0.1) is 10.2 Å². The molecule has 23 heavy (non-hydrogen) atoms. The first-order chi connectivity index (χ1) is 11.4. The lowest BCUT2D eigenvalue weighted by molar-refractivity contribution is 0.485. The van der Waals surface area contributed by atoms with Gasteiger partial charge in [0.1, 0.15) is 17.7 Å². The molecule has 0 spiro atoms. The van der Waals surface area contributed by atoms with E-state index in [1.807, 2.05) is 30.5 Å². The monoisotopic (exact) mass is 304 g/mol. The van der Waals surface area contributed by atoms with Gasteiger partial charge in [-0.05, 0) is 37.1 Å². The van der Waals surface area contributed by atoms with E-state index in [-0.39, 0.29) is 5.92 Å². The van der Waals surface area contributed by atoms with E-state index in [0.29, 0.717) is 5.56 Å². The molecule has 6 nitrogen and oxygen atoms in total. The van der Waals surface area contributed by atoms with Gasteiger partial charge in [0, 0.05) is 31.4 Å². The van der Waals surface area contributed by atoms with E-state index in [0.717, 1.165) is 43.2 Å². The Morgan fingerprint density at radius 2 is 2.13 bits per heavy atom. The van der Waals surface area contributed by atoms with E-state index in [4.69, 9.17) is 0 Å². The molecule has 0 bridgehead atoms. The van der Waals surface area contributed by atoms with Gasteiger partial charge in [0.2, 0.25) is 0 Å². The van der Waals surface area contributed by atoms with Crippen molar-refractivity contribution in [2.24, 2.45) is 0 Å². The highest BCUT2D eigenvalue weighted by molar-refractivity contribution is 5.54. The first-order valence-electron chi connectivity index (χ1n) is 7.76. The summed E-state index contributed by atoms with van der Waals surface area (Å²) < 4.78 is 2.05. The first-order valence-corrected chi connectivity index (χ1v) is 7.76. The Bertz CT molecular complexity index is 878. The molecule has 0 amide bonds. The highest BCUT2D eigenvalue weighted by atomic mass is 15.3. The Balaban J connectivity index is 1.66. The highest BCUT2D eigenvalue weighted by Gasteiger charge is 2.27. The number of nitrogens with zero attached hydrogens (tertiary/aromatic N) is 6. The van der Waals surface area contributed by atoms with Crippen LogP contribution in [0, 0.1) is 11.3 Å². The molecular weight excluding hydrogens is 288 g/mol. The molecule has 1 aliphatic rings. The number of nitriles is 1. The second kappa shape index (κ2) is 5.69. The third-order valence-electron chi connectivity index (χ3n) is 4.33. The Kier molecular flexibility index (Phi) is 3.39. The maximum absolute atomic E-state index is 9.30. The minimum absolute atomic E-state index is 0.287. The number of hydrogen-bond acceptors (Lipinski definition) is 5. The predicted octanol–water partition coefficient (Wildman–Crippen LogP) is 2.38. The number of aromatic nitrogens is 4. The maximum atomic E-state index is 9.30. The average molecular weight is 304 g/mol. The van der Waals surface area contributed by atoms with Crippen LogP contribution in [0.25, 0.3) is 5.65 Å². The van der Waals surface area contributed by atoms with Crippen molar-refractivity contribution in [3.8, 4) is 6.07 Å². The van der Waals surface area contributed by atoms with Gasteiger partial charge in [-0.2, -0.15) is 5.26 Å². The molecule has 0 aromatic carbocycles. The minimum atomic E-state index is 0.287. The molecule has 6 heteroatoms. The van der Waals surface area contributed by atoms with Gasteiger partial charge in [0.05, 0.1) is 5.56 Å². The van der Waals surface area contributed by atoms with Crippen LogP contribution in [-0.2, 0) is 0 Å². The van der Waals surface area contributed by atoms with Crippen molar-refractivity contribution >= 4 is 11.5 Å². The van der Waals surface area contributed by atoms with Crippen molar-refractivity contribution in [2.45, 2.75) is 18.8 Å². The molecule has 0 radical (unpaired) electrons. The van der Waals surface area contributed by atoms with Crippen molar-refractivity contribution in [1.29, 1.82) is 5.26 Å². The molecule has 0 N–H and O–H groups in total. The fraction of sp³-hybridized carbons (Fsp3) is 0.294. The summed E-state index contributed by atoms with van der Waals surface area (Å²) in [5, 5.41) is 17.9. The van der Waals surface area contributed by atoms with Gasteiger partial charge in [-0.25, -0.2) is 4.98 Å². The van der Waals surface area contributed by atoms with Crippen molar-refractivity contribution in [1.82, 2.24) is 19.6 Å². The van der Waals surface area contributed by atoms with Gasteiger partial charge >= 0.3 is 0 Å². The van der Waals surface area contributed by atoms with Crippen molar-refractivity contribution < 1.29 is 0 Å². The smallest absolute Gasteiger partial charge is 0.160 e. The van der Waals surface area contributed by atoms with E-state index in [1.165, 1.54) is 0 Å². The van der Waals surface area contributed by atoms with Crippen LogP contribution in [0.2, 0.25) is 0 Å². The zero-order valence-corrected chi connectivity index (χ0v) is 12.6. The predicted molar refractivity (Wildman–Crippen MR) is 86.1 cm³/mol. The lowest BCUT2D eigenvalue weighted by Crippen LogP contribution is -2.36. The van der Waals surface area contributed by atoms with Gasteiger partial charge in [-0.3, -0.25) is 4.40 Å². The van der Waals surface area contributed by atoms with Crippen LogP contribution in [0.5, 0.6) is 0 Å². The molecule has 0 saturated carbocycles. The Morgan fingerprint density at radius 3 is 3.04 bits per heavy atom. The number of fused-ring (bicyclic) bond motifs is 1. The summed E-state index contributed by atoms with van der Waals surface area (Å²) in [4.78, 5) is 6.60. The standard InChI is InChI=1S/C17H16N6/c18-11-13-5-3-8-19-16(13)22-9-4-6-14(12-22)17-21-20-15-7-1-2-10-23(15)17/h1-3,5,7-8,10,14H,4,6,9,12H2. The van der Waals surface area contributed by atoms with Crippen LogP contribution < -0.4 is 4.90 Å². The first kappa shape index (κ1) is 13.7. The van der Waals surface area contributed by atoms with Crippen molar-refractivity contribution in [3.05, 3.63) is 54.1 Å². The summed E-state index contributed by atoms with van der Waals surface area (Å²) in [5.41, 5.74) is 1.49. The van der Waals surface area contributed by atoms with E-state index >= 15 is 0 Å². The molecule has 1 saturated heterocycles. The van der Waals surface area contributed by atoms with Gasteiger partial charge < -0.3 is 4.90 Å². The summed E-state index contributed by atoms with van der Waals surface area (Å²) in [7, 11) is 0.